The number of nitrogens with zero attached hydrogens (tertiary/aromatic N) is 2. The predicted octanol–water partition coefficient (Wildman–Crippen LogP) is 3.00. The number of H-pyrrole nitrogens is 1. The summed E-state index contributed by atoms with van der Waals surface area (Å²) in [5.74, 6) is -0.203. The molecule has 0 aliphatic rings. The van der Waals surface area contributed by atoms with Crippen molar-refractivity contribution in [2.24, 2.45) is 5.10 Å². The van der Waals surface area contributed by atoms with Crippen LogP contribution >= 0.6 is 11.3 Å². The van der Waals surface area contributed by atoms with Crippen molar-refractivity contribution in [3.8, 4) is 16.3 Å². The third-order valence-electron chi connectivity index (χ3n) is 3.21. The molecule has 2 aromatic heterocycles. The Morgan fingerprint density at radius 1 is 1.30 bits per heavy atom. The highest BCUT2D eigenvalue weighted by atomic mass is 32.1. The summed E-state index contributed by atoms with van der Waals surface area (Å²) in [6.45, 7) is 1.77. The van der Waals surface area contributed by atoms with Crippen molar-refractivity contribution in [1.29, 1.82) is 0 Å². The number of hydrogen-bond donors (Lipinski definition) is 3. The van der Waals surface area contributed by atoms with E-state index in [1.54, 1.807) is 48.6 Å². The summed E-state index contributed by atoms with van der Waals surface area (Å²) < 4.78 is 0. The molecule has 2 heterocycles. The summed E-state index contributed by atoms with van der Waals surface area (Å²) in [4.78, 5) is 13.1. The fourth-order valence-electron chi connectivity index (χ4n) is 1.96. The molecule has 7 heteroatoms. The number of phenolic OH excluding ortho intramolecular Hbond substituents is 1. The van der Waals surface area contributed by atoms with Crippen LogP contribution in [-0.2, 0) is 0 Å². The Labute approximate surface area is 136 Å². The third kappa shape index (κ3) is 3.46. The summed E-state index contributed by atoms with van der Waals surface area (Å²) in [7, 11) is 0. The van der Waals surface area contributed by atoms with E-state index in [-0.39, 0.29) is 17.4 Å². The van der Waals surface area contributed by atoms with Crippen LogP contribution in [0.2, 0.25) is 0 Å². The lowest BCUT2D eigenvalue weighted by molar-refractivity contribution is 0.0950. The molecule has 0 atom stereocenters. The van der Waals surface area contributed by atoms with Crippen molar-refractivity contribution in [2.75, 3.05) is 0 Å². The van der Waals surface area contributed by atoms with Crippen LogP contribution in [0.5, 0.6) is 5.75 Å². The second-order valence-electron chi connectivity index (χ2n) is 4.83. The molecule has 0 unspecified atom stereocenters. The van der Waals surface area contributed by atoms with Crippen molar-refractivity contribution in [2.45, 2.75) is 6.92 Å². The van der Waals surface area contributed by atoms with Crippen LogP contribution in [0.4, 0.5) is 0 Å². The van der Waals surface area contributed by atoms with Gasteiger partial charge in [0.1, 0.15) is 5.75 Å². The topological polar surface area (TPSA) is 90.4 Å². The average molecular weight is 326 g/mol. The van der Waals surface area contributed by atoms with Gasteiger partial charge in [0.05, 0.1) is 16.3 Å². The number of carbonyl (C=O) groups excluding carboxylic acids is 1. The molecule has 3 rings (SSSR count). The number of rotatable bonds is 4. The van der Waals surface area contributed by atoms with E-state index in [2.05, 4.69) is 20.7 Å². The van der Waals surface area contributed by atoms with Gasteiger partial charge in [-0.3, -0.25) is 9.89 Å². The van der Waals surface area contributed by atoms with Crippen LogP contribution in [-0.4, -0.2) is 26.9 Å². The maximum absolute atomic E-state index is 12.1. The molecule has 6 nitrogen and oxygen atoms in total. The Morgan fingerprint density at radius 3 is 2.78 bits per heavy atom. The fraction of sp³-hybridized carbons (Fsp3) is 0.0625. The van der Waals surface area contributed by atoms with Gasteiger partial charge in [0.15, 0.2) is 5.69 Å². The lowest BCUT2D eigenvalue weighted by Gasteiger charge is -2.01. The molecule has 23 heavy (non-hydrogen) atoms. The quantitative estimate of drug-likeness (QED) is 0.508. The molecule has 0 spiro atoms. The minimum Gasteiger partial charge on any atom is -0.508 e. The number of hydrazone groups is 1. The van der Waals surface area contributed by atoms with Crippen molar-refractivity contribution in [3.63, 3.8) is 0 Å². The maximum atomic E-state index is 12.1. The molecule has 0 saturated heterocycles. The van der Waals surface area contributed by atoms with Gasteiger partial charge in [-0.05, 0) is 54.3 Å². The molecule has 0 fully saturated rings. The smallest absolute Gasteiger partial charge is 0.291 e. The molecule has 1 amide bonds. The summed E-state index contributed by atoms with van der Waals surface area (Å²) in [5.41, 5.74) is 4.99. The molecule has 0 radical (unpaired) electrons. The number of phenols is 1. The molecule has 3 N–H and O–H groups in total. The van der Waals surface area contributed by atoms with Crippen molar-refractivity contribution in [1.82, 2.24) is 15.6 Å². The van der Waals surface area contributed by atoms with Gasteiger partial charge in [-0.25, -0.2) is 5.43 Å². The second-order valence-corrected chi connectivity index (χ2v) is 5.78. The van der Waals surface area contributed by atoms with E-state index in [9.17, 15) is 9.90 Å². The zero-order valence-corrected chi connectivity index (χ0v) is 13.1. The lowest BCUT2D eigenvalue weighted by Crippen LogP contribution is -2.19. The normalized spacial score (nSPS) is 11.4. The van der Waals surface area contributed by atoms with Gasteiger partial charge in [0.2, 0.25) is 0 Å². The summed E-state index contributed by atoms with van der Waals surface area (Å²) in [6.07, 6.45) is 0. The SMILES string of the molecule is CC(=NNC(=O)c1cc(-c2cccs2)[nH]n1)c1ccc(O)cc1. The highest BCUT2D eigenvalue weighted by Gasteiger charge is 2.11. The molecular weight excluding hydrogens is 312 g/mol. The Kier molecular flexibility index (Phi) is 4.20. The van der Waals surface area contributed by atoms with Gasteiger partial charge in [-0.2, -0.15) is 10.2 Å². The van der Waals surface area contributed by atoms with Crippen LogP contribution in [0.15, 0.2) is 52.9 Å². The second kappa shape index (κ2) is 6.45. The Hall–Kier alpha value is -2.93. The number of benzene rings is 1. The summed E-state index contributed by atoms with van der Waals surface area (Å²) in [5, 5.41) is 22.1. The van der Waals surface area contributed by atoms with Crippen molar-refractivity contribution in [3.05, 3.63) is 59.1 Å². The van der Waals surface area contributed by atoms with Crippen LogP contribution in [0, 0.1) is 0 Å². The lowest BCUT2D eigenvalue weighted by atomic mass is 10.1. The van der Waals surface area contributed by atoms with E-state index in [0.717, 1.165) is 16.1 Å². The number of aromatic hydroxyl groups is 1. The van der Waals surface area contributed by atoms with Crippen molar-refractivity contribution < 1.29 is 9.90 Å². The van der Waals surface area contributed by atoms with Gasteiger partial charge in [-0.1, -0.05) is 6.07 Å². The molecule has 0 saturated carbocycles. The number of nitrogens with one attached hydrogen (secondary N) is 2. The Bertz CT molecular complexity index is 835. The first-order chi connectivity index (χ1) is 11.1. The number of amides is 1. The minimum absolute atomic E-state index is 0.184. The summed E-state index contributed by atoms with van der Waals surface area (Å²) >= 11 is 1.57. The van der Waals surface area contributed by atoms with Gasteiger partial charge in [0, 0.05) is 0 Å². The zero-order chi connectivity index (χ0) is 16.2. The number of aromatic nitrogens is 2. The standard InChI is InChI=1S/C16H14N4O2S/c1-10(11-4-6-12(21)7-5-11)17-20-16(22)14-9-13(18-19-14)15-3-2-8-23-15/h2-9,21H,1H3,(H,18,19)(H,20,22). The monoisotopic (exact) mass is 326 g/mol. The molecule has 0 bridgehead atoms. The Balaban J connectivity index is 1.69. The molecule has 3 aromatic rings. The van der Waals surface area contributed by atoms with Crippen molar-refractivity contribution >= 4 is 23.0 Å². The van der Waals surface area contributed by atoms with Gasteiger partial charge in [0.25, 0.3) is 5.91 Å². The van der Waals surface area contributed by atoms with Crippen LogP contribution in [0.3, 0.4) is 0 Å². The third-order valence-corrected chi connectivity index (χ3v) is 4.11. The highest BCUT2D eigenvalue weighted by Crippen LogP contribution is 2.22. The predicted molar refractivity (Wildman–Crippen MR) is 89.7 cm³/mol. The number of carbonyl (C=O) groups is 1. The zero-order valence-electron chi connectivity index (χ0n) is 12.3. The maximum Gasteiger partial charge on any atom is 0.291 e. The number of aromatic amines is 1. The highest BCUT2D eigenvalue weighted by molar-refractivity contribution is 7.13. The first-order valence-corrected chi connectivity index (χ1v) is 7.75. The van der Waals surface area contributed by atoms with E-state index in [1.807, 2.05) is 17.5 Å². The molecular formula is C16H14N4O2S. The Morgan fingerprint density at radius 2 is 2.09 bits per heavy atom. The van der Waals surface area contributed by atoms with Gasteiger partial charge < -0.3 is 5.11 Å². The van der Waals surface area contributed by atoms with E-state index in [1.165, 1.54) is 0 Å². The van der Waals surface area contributed by atoms with Gasteiger partial charge >= 0.3 is 0 Å². The number of hydrogen-bond acceptors (Lipinski definition) is 5. The first-order valence-electron chi connectivity index (χ1n) is 6.87. The largest absolute Gasteiger partial charge is 0.508 e. The minimum atomic E-state index is -0.387. The van der Waals surface area contributed by atoms with Gasteiger partial charge in [-0.15, -0.1) is 11.3 Å². The van der Waals surface area contributed by atoms with Crippen LogP contribution in [0.1, 0.15) is 23.0 Å². The van der Waals surface area contributed by atoms with E-state index in [0.29, 0.717) is 5.71 Å². The average Bonchev–Trinajstić information content (AvgIpc) is 3.23. The number of thiophene rings is 1. The molecule has 0 aliphatic heterocycles. The summed E-state index contributed by atoms with van der Waals surface area (Å²) in [6, 6.07) is 12.2. The van der Waals surface area contributed by atoms with E-state index >= 15 is 0 Å². The first kappa shape index (κ1) is 15.0. The van der Waals surface area contributed by atoms with E-state index < -0.39 is 0 Å². The molecule has 116 valence electrons. The van der Waals surface area contributed by atoms with Crippen LogP contribution < -0.4 is 5.43 Å². The fourth-order valence-corrected chi connectivity index (χ4v) is 2.65. The van der Waals surface area contributed by atoms with Crippen LogP contribution in [0.25, 0.3) is 10.6 Å². The molecule has 1 aromatic carbocycles. The van der Waals surface area contributed by atoms with E-state index in [4.69, 9.17) is 0 Å². The molecule has 0 aliphatic carbocycles.